The Balaban J connectivity index is 2.45. The molecular weight excluding hydrogens is 267 g/mol. The van der Waals surface area contributed by atoms with Crippen LogP contribution in [0.1, 0.15) is 6.42 Å². The summed E-state index contributed by atoms with van der Waals surface area (Å²) >= 11 is 0.394. The van der Waals surface area contributed by atoms with Crippen LogP contribution < -0.4 is 0 Å². The van der Waals surface area contributed by atoms with Gasteiger partial charge < -0.3 is 0 Å². The van der Waals surface area contributed by atoms with Crippen molar-refractivity contribution in [3.63, 3.8) is 0 Å². The van der Waals surface area contributed by atoms with Crippen molar-refractivity contribution in [3.8, 4) is 0 Å². The summed E-state index contributed by atoms with van der Waals surface area (Å²) in [5, 5.41) is 2.30. The molecule has 42 valence electrons. The van der Waals surface area contributed by atoms with Gasteiger partial charge in [0.15, 0.2) is 0 Å². The zero-order valence-electron chi connectivity index (χ0n) is 4.26. The van der Waals surface area contributed by atoms with Gasteiger partial charge in [-0.3, -0.25) is 0 Å². The Morgan fingerprint density at radius 1 is 1.71 bits per heavy atom. The molecule has 0 nitrogen and oxygen atoms in total. The van der Waals surface area contributed by atoms with E-state index in [0.29, 0.717) is 18.6 Å². The Hall–Kier alpha value is 0.168. The molecule has 0 saturated carbocycles. The molecule has 0 aromatic heterocycles. The molecule has 0 unspecified atom stereocenters. The zero-order valence-corrected chi connectivity index (χ0v) is 6.53. The van der Waals surface area contributed by atoms with E-state index < -0.39 is 0 Å². The van der Waals surface area contributed by atoms with Crippen molar-refractivity contribution in [1.82, 2.24) is 0 Å². The van der Waals surface area contributed by atoms with Crippen molar-refractivity contribution in [3.05, 3.63) is 22.2 Å². The van der Waals surface area contributed by atoms with Gasteiger partial charge in [-0.25, -0.2) is 0 Å². The predicted octanol–water partition coefficient (Wildman–Crippen LogP) is 1.96. The normalized spacial score (nSPS) is 18.1. The fourth-order valence-corrected chi connectivity index (χ4v) is 1.85. The molecule has 0 amide bonds. The van der Waals surface area contributed by atoms with E-state index in [2.05, 4.69) is 23.5 Å². The fraction of sp³-hybridized carbons (Fsp3) is 0.333. The molecule has 7 heavy (non-hydrogen) atoms. The quantitative estimate of drug-likeness (QED) is 0.686. The molecular formula is C6H8Pt. The van der Waals surface area contributed by atoms with Crippen LogP contribution >= 0.6 is 0 Å². The summed E-state index contributed by atoms with van der Waals surface area (Å²) in [5.74, 6) is 0. The summed E-state index contributed by atoms with van der Waals surface area (Å²) in [6.07, 6.45) is 7.86. The first-order valence-corrected chi connectivity index (χ1v) is 5.60. The van der Waals surface area contributed by atoms with E-state index in [-0.39, 0.29) is 0 Å². The van der Waals surface area contributed by atoms with Crippen molar-refractivity contribution in [1.29, 1.82) is 0 Å². The van der Waals surface area contributed by atoms with Crippen LogP contribution in [0.5, 0.6) is 0 Å². The summed E-state index contributed by atoms with van der Waals surface area (Å²) in [5.41, 5.74) is 0. The van der Waals surface area contributed by atoms with Crippen LogP contribution in [-0.4, -0.2) is 0 Å². The zero-order chi connectivity index (χ0) is 5.11. The van der Waals surface area contributed by atoms with Crippen molar-refractivity contribution in [2.75, 3.05) is 0 Å². The molecule has 0 atom stereocenters. The van der Waals surface area contributed by atoms with E-state index in [4.69, 9.17) is 0 Å². The molecule has 0 aliphatic heterocycles. The van der Waals surface area contributed by atoms with Crippen molar-refractivity contribution in [2.24, 2.45) is 0 Å². The van der Waals surface area contributed by atoms with Crippen LogP contribution in [0.2, 0.25) is 5.31 Å². The van der Waals surface area contributed by atoms with E-state index in [9.17, 15) is 0 Å². The molecule has 0 aromatic carbocycles. The van der Waals surface area contributed by atoms with Crippen LogP contribution in [0.4, 0.5) is 0 Å². The van der Waals surface area contributed by atoms with Crippen LogP contribution in [0.3, 0.4) is 0 Å². The number of hydrogen-bond donors (Lipinski definition) is 0. The summed E-state index contributed by atoms with van der Waals surface area (Å²) in [7, 11) is 0. The monoisotopic (exact) mass is 275 g/mol. The Morgan fingerprint density at radius 3 is 2.86 bits per heavy atom. The van der Waals surface area contributed by atoms with Gasteiger partial charge in [0, 0.05) is 0 Å². The second-order valence-electron chi connectivity index (χ2n) is 1.36. The Morgan fingerprint density at radius 2 is 2.57 bits per heavy atom. The minimum atomic E-state index is 0.394. The molecule has 1 aliphatic rings. The van der Waals surface area contributed by atoms with Crippen molar-refractivity contribution < 1.29 is 18.6 Å². The maximum atomic E-state index is 2.30. The van der Waals surface area contributed by atoms with E-state index in [0.717, 1.165) is 0 Å². The Bertz CT molecular complexity index is 111. The summed E-state index contributed by atoms with van der Waals surface area (Å²) in [6, 6.07) is 0. The minimum absolute atomic E-state index is 0.394. The first-order chi connectivity index (χ1) is 3.43. The van der Waals surface area contributed by atoms with E-state index in [1.165, 1.54) is 6.42 Å². The van der Waals surface area contributed by atoms with Gasteiger partial charge in [-0.15, -0.1) is 0 Å². The molecule has 1 heteroatoms. The average molecular weight is 275 g/mol. The molecule has 0 aromatic rings. The summed E-state index contributed by atoms with van der Waals surface area (Å²) < 4.78 is 1.67. The molecule has 0 N–H and O–H groups in total. The van der Waals surface area contributed by atoms with Crippen LogP contribution in [0, 0.1) is 0 Å². The molecule has 0 saturated heterocycles. The number of rotatable bonds is 1. The van der Waals surface area contributed by atoms with Crippen molar-refractivity contribution in [2.45, 2.75) is 11.7 Å². The van der Waals surface area contributed by atoms with Gasteiger partial charge in [-0.2, -0.15) is 0 Å². The van der Waals surface area contributed by atoms with Gasteiger partial charge in [0.2, 0.25) is 0 Å². The van der Waals surface area contributed by atoms with E-state index in [1.54, 1.807) is 3.96 Å². The second kappa shape index (κ2) is 2.47. The Labute approximate surface area is 52.8 Å². The third-order valence-corrected chi connectivity index (χ3v) is 3.21. The van der Waals surface area contributed by atoms with Gasteiger partial charge in [-0.1, -0.05) is 0 Å². The SMILES string of the molecule is [CH3][Pt][C]1=CC=CC1. The van der Waals surface area contributed by atoms with Gasteiger partial charge in [0.25, 0.3) is 0 Å². The maximum absolute atomic E-state index is 2.30. The first kappa shape index (κ1) is 5.31. The van der Waals surface area contributed by atoms with Gasteiger partial charge >= 0.3 is 52.5 Å². The second-order valence-corrected chi connectivity index (χ2v) is 3.96. The molecule has 0 heterocycles. The topological polar surface area (TPSA) is 0 Å². The molecule has 0 spiro atoms. The van der Waals surface area contributed by atoms with Crippen molar-refractivity contribution >= 4 is 0 Å². The Kier molecular flexibility index (Phi) is 1.87. The third-order valence-electron chi connectivity index (χ3n) is 0.906. The van der Waals surface area contributed by atoms with E-state index >= 15 is 0 Å². The van der Waals surface area contributed by atoms with Gasteiger partial charge in [-0.05, 0) is 0 Å². The van der Waals surface area contributed by atoms with Gasteiger partial charge in [0.05, 0.1) is 0 Å². The molecule has 1 rings (SSSR count). The average Bonchev–Trinajstić information content (AvgIpc) is 2.14. The van der Waals surface area contributed by atoms with Crippen LogP contribution in [0.15, 0.2) is 22.2 Å². The number of hydrogen-bond acceptors (Lipinski definition) is 0. The fourth-order valence-electron chi connectivity index (χ4n) is 0.525. The van der Waals surface area contributed by atoms with Gasteiger partial charge in [0.1, 0.15) is 0 Å². The molecule has 1 aliphatic carbocycles. The predicted molar refractivity (Wildman–Crippen MR) is 27.7 cm³/mol. The standard InChI is InChI=1S/C5H5.CH3.Pt/c1-2-4-5-3-1;;/h1-3H,4H2;1H3;. The van der Waals surface area contributed by atoms with E-state index in [1.807, 2.05) is 0 Å². The molecule has 0 radical (unpaired) electrons. The van der Waals surface area contributed by atoms with Crippen LogP contribution in [0.25, 0.3) is 0 Å². The molecule has 0 bridgehead atoms. The van der Waals surface area contributed by atoms with Crippen LogP contribution in [-0.2, 0) is 18.6 Å². The molecule has 0 fully saturated rings. The third kappa shape index (κ3) is 1.27. The number of allylic oxidation sites excluding steroid dienone is 4. The summed E-state index contributed by atoms with van der Waals surface area (Å²) in [4.78, 5) is 0. The first-order valence-electron chi connectivity index (χ1n) is 2.19. The summed E-state index contributed by atoms with van der Waals surface area (Å²) in [6.45, 7) is 0.